The lowest BCUT2D eigenvalue weighted by Gasteiger charge is -2.27. The van der Waals surface area contributed by atoms with Gasteiger partial charge in [0.15, 0.2) is 0 Å². The lowest BCUT2D eigenvalue weighted by Crippen LogP contribution is -2.60. The molecular weight excluding hydrogens is 188 g/mol. The zero-order valence-electron chi connectivity index (χ0n) is 7.79. The molecule has 1 fully saturated rings. The van der Waals surface area contributed by atoms with Crippen molar-refractivity contribution in [3.05, 3.63) is 0 Å². The van der Waals surface area contributed by atoms with Crippen molar-refractivity contribution in [1.82, 2.24) is 10.6 Å². The van der Waals surface area contributed by atoms with Crippen molar-refractivity contribution >= 4 is 23.6 Å². The summed E-state index contributed by atoms with van der Waals surface area (Å²) < 4.78 is 0. The second-order valence-corrected chi connectivity index (χ2v) is 4.06. The van der Waals surface area contributed by atoms with E-state index in [4.69, 9.17) is 0 Å². The first-order valence-electron chi connectivity index (χ1n) is 4.25. The minimum atomic E-state index is -0.391. The first kappa shape index (κ1) is 10.4. The minimum Gasteiger partial charge on any atom is -0.343 e. The lowest BCUT2D eigenvalue weighted by atomic mass is 10.1. The number of piperazine rings is 1. The number of rotatable bonds is 3. The van der Waals surface area contributed by atoms with Gasteiger partial charge in [-0.3, -0.25) is 9.59 Å². The number of thioether (sulfide) groups is 1. The number of carbonyl (C=O) groups excluding carboxylic acids is 2. The fraction of sp³-hybridized carbons (Fsp3) is 0.750. The van der Waals surface area contributed by atoms with E-state index in [1.54, 1.807) is 18.7 Å². The average Bonchev–Trinajstić information content (AvgIpc) is 2.09. The lowest BCUT2D eigenvalue weighted by molar-refractivity contribution is -0.136. The van der Waals surface area contributed by atoms with E-state index in [9.17, 15) is 9.59 Å². The Morgan fingerprint density at radius 2 is 2.00 bits per heavy atom. The van der Waals surface area contributed by atoms with Crippen LogP contribution in [0.4, 0.5) is 0 Å². The molecule has 0 spiro atoms. The third kappa shape index (κ3) is 2.62. The van der Waals surface area contributed by atoms with Crippen molar-refractivity contribution in [2.75, 3.05) is 12.0 Å². The van der Waals surface area contributed by atoms with Crippen molar-refractivity contribution in [3.63, 3.8) is 0 Å². The van der Waals surface area contributed by atoms with E-state index >= 15 is 0 Å². The topological polar surface area (TPSA) is 58.2 Å². The van der Waals surface area contributed by atoms with Gasteiger partial charge >= 0.3 is 0 Å². The van der Waals surface area contributed by atoms with Crippen LogP contribution in [0.1, 0.15) is 13.3 Å². The molecule has 2 N–H and O–H groups in total. The molecule has 0 aliphatic carbocycles. The van der Waals surface area contributed by atoms with Gasteiger partial charge in [-0.25, -0.2) is 0 Å². The summed E-state index contributed by atoms with van der Waals surface area (Å²) in [7, 11) is 0. The molecule has 1 aliphatic heterocycles. The Morgan fingerprint density at radius 1 is 1.31 bits per heavy atom. The van der Waals surface area contributed by atoms with Crippen LogP contribution in [-0.2, 0) is 9.59 Å². The molecule has 2 amide bonds. The van der Waals surface area contributed by atoms with Gasteiger partial charge in [0, 0.05) is 0 Å². The highest BCUT2D eigenvalue weighted by Crippen LogP contribution is 2.04. The van der Waals surface area contributed by atoms with Gasteiger partial charge in [-0.15, -0.1) is 0 Å². The Balaban J connectivity index is 2.46. The monoisotopic (exact) mass is 202 g/mol. The third-order valence-electron chi connectivity index (χ3n) is 2.00. The van der Waals surface area contributed by atoms with Crippen LogP contribution in [0.15, 0.2) is 0 Å². The maximum atomic E-state index is 11.3. The van der Waals surface area contributed by atoms with Crippen LogP contribution in [-0.4, -0.2) is 35.9 Å². The number of amides is 2. The molecule has 0 aromatic carbocycles. The largest absolute Gasteiger partial charge is 0.343 e. The van der Waals surface area contributed by atoms with E-state index in [0.29, 0.717) is 6.42 Å². The molecule has 13 heavy (non-hydrogen) atoms. The summed E-state index contributed by atoms with van der Waals surface area (Å²) in [5.41, 5.74) is 0. The molecule has 0 saturated carbocycles. The predicted molar refractivity (Wildman–Crippen MR) is 52.5 cm³/mol. The summed E-state index contributed by atoms with van der Waals surface area (Å²) in [6, 6.07) is -0.728. The first-order valence-corrected chi connectivity index (χ1v) is 5.64. The minimum absolute atomic E-state index is 0.0684. The Labute approximate surface area is 81.8 Å². The molecule has 0 unspecified atom stereocenters. The summed E-state index contributed by atoms with van der Waals surface area (Å²) in [4.78, 5) is 22.5. The van der Waals surface area contributed by atoms with E-state index in [0.717, 1.165) is 5.75 Å². The Hall–Kier alpha value is -0.710. The molecule has 0 radical (unpaired) electrons. The van der Waals surface area contributed by atoms with Crippen LogP contribution in [0.3, 0.4) is 0 Å². The third-order valence-corrected chi connectivity index (χ3v) is 2.64. The van der Waals surface area contributed by atoms with Crippen LogP contribution in [0, 0.1) is 0 Å². The van der Waals surface area contributed by atoms with Crippen LogP contribution in [0.25, 0.3) is 0 Å². The zero-order chi connectivity index (χ0) is 9.84. The Morgan fingerprint density at radius 3 is 2.62 bits per heavy atom. The van der Waals surface area contributed by atoms with Gasteiger partial charge in [-0.05, 0) is 25.4 Å². The average molecular weight is 202 g/mol. The number of nitrogens with one attached hydrogen (secondary N) is 2. The normalized spacial score (nSPS) is 28.2. The second kappa shape index (κ2) is 4.50. The first-order chi connectivity index (χ1) is 6.15. The molecule has 0 bridgehead atoms. The summed E-state index contributed by atoms with van der Waals surface area (Å²) in [6.07, 6.45) is 2.68. The van der Waals surface area contributed by atoms with E-state index < -0.39 is 6.04 Å². The zero-order valence-corrected chi connectivity index (χ0v) is 8.61. The van der Waals surface area contributed by atoms with Gasteiger partial charge in [-0.1, -0.05) is 0 Å². The van der Waals surface area contributed by atoms with E-state index in [2.05, 4.69) is 10.6 Å². The fourth-order valence-electron chi connectivity index (χ4n) is 1.18. The number of hydrogen-bond donors (Lipinski definition) is 2. The van der Waals surface area contributed by atoms with Crippen molar-refractivity contribution < 1.29 is 9.59 Å². The molecule has 74 valence electrons. The Kier molecular flexibility index (Phi) is 3.59. The summed E-state index contributed by atoms with van der Waals surface area (Å²) in [5.74, 6) is 0.721. The van der Waals surface area contributed by atoms with Crippen molar-refractivity contribution in [1.29, 1.82) is 0 Å². The standard InChI is InChI=1S/C8H14N2O2S/c1-5-7(11)10-6(3-4-13-2)8(12)9-5/h5-6H,3-4H2,1-2H3,(H,9,12)(H,10,11)/t5-,6-/m0/s1. The Bertz CT molecular complexity index is 220. The van der Waals surface area contributed by atoms with Crippen LogP contribution in [0.2, 0.25) is 0 Å². The van der Waals surface area contributed by atoms with Gasteiger partial charge in [0.05, 0.1) is 0 Å². The molecule has 1 rings (SSSR count). The molecule has 2 atom stereocenters. The number of hydrogen-bond acceptors (Lipinski definition) is 3. The maximum absolute atomic E-state index is 11.3. The SMILES string of the molecule is CSCC[C@@H]1NC(=O)[C@H](C)NC1=O. The molecule has 5 heteroatoms. The van der Waals surface area contributed by atoms with Crippen molar-refractivity contribution in [2.24, 2.45) is 0 Å². The highest BCUT2D eigenvalue weighted by molar-refractivity contribution is 7.98. The van der Waals surface area contributed by atoms with Crippen LogP contribution in [0.5, 0.6) is 0 Å². The second-order valence-electron chi connectivity index (χ2n) is 3.07. The summed E-state index contributed by atoms with van der Waals surface area (Å²) in [6.45, 7) is 1.68. The predicted octanol–water partition coefficient (Wildman–Crippen LogP) is -0.257. The smallest absolute Gasteiger partial charge is 0.243 e. The molecule has 0 aromatic rings. The van der Waals surface area contributed by atoms with Gasteiger partial charge in [0.25, 0.3) is 0 Å². The van der Waals surface area contributed by atoms with Gasteiger partial charge in [0.1, 0.15) is 12.1 Å². The van der Waals surface area contributed by atoms with E-state index in [1.807, 2.05) is 6.26 Å². The van der Waals surface area contributed by atoms with Gasteiger partial charge in [0.2, 0.25) is 11.8 Å². The van der Waals surface area contributed by atoms with Gasteiger partial charge in [-0.2, -0.15) is 11.8 Å². The fourth-order valence-corrected chi connectivity index (χ4v) is 1.65. The highest BCUT2D eigenvalue weighted by atomic mass is 32.2. The number of carbonyl (C=O) groups is 2. The summed E-state index contributed by atoms with van der Waals surface area (Å²) in [5, 5.41) is 5.31. The molecule has 1 saturated heterocycles. The van der Waals surface area contributed by atoms with Gasteiger partial charge < -0.3 is 10.6 Å². The molecule has 1 heterocycles. The maximum Gasteiger partial charge on any atom is 0.243 e. The van der Waals surface area contributed by atoms with Crippen LogP contribution < -0.4 is 10.6 Å². The van der Waals surface area contributed by atoms with Crippen LogP contribution >= 0.6 is 11.8 Å². The highest BCUT2D eigenvalue weighted by Gasteiger charge is 2.29. The van der Waals surface area contributed by atoms with E-state index in [1.165, 1.54) is 0 Å². The van der Waals surface area contributed by atoms with Crippen molar-refractivity contribution in [3.8, 4) is 0 Å². The molecule has 4 nitrogen and oxygen atoms in total. The van der Waals surface area contributed by atoms with Crippen molar-refractivity contribution in [2.45, 2.75) is 25.4 Å². The molecule has 0 aromatic heterocycles. The molecule has 1 aliphatic rings. The summed E-state index contributed by atoms with van der Waals surface area (Å²) >= 11 is 1.67. The molecular formula is C8H14N2O2S. The van der Waals surface area contributed by atoms with E-state index in [-0.39, 0.29) is 17.9 Å². The quantitative estimate of drug-likeness (QED) is 0.663.